The molecule has 5 rings (SSSR count). The third-order valence-electron chi connectivity index (χ3n) is 6.34. The molecule has 2 nitrogen and oxygen atoms in total. The van der Waals surface area contributed by atoms with Crippen molar-refractivity contribution in [3.05, 3.63) is 35.5 Å². The number of hydrogen-bond acceptors (Lipinski definition) is 1. The Morgan fingerprint density at radius 1 is 1.09 bits per heavy atom. The fourth-order valence-electron chi connectivity index (χ4n) is 5.24. The Kier molecular flexibility index (Phi) is 2.88. The molecule has 3 heterocycles. The van der Waals surface area contributed by atoms with Crippen LogP contribution in [0.25, 0.3) is 10.9 Å². The molecule has 0 bridgehead atoms. The minimum Gasteiger partial charge on any atom is -0.357 e. The van der Waals surface area contributed by atoms with Gasteiger partial charge in [-0.3, -0.25) is 4.90 Å². The maximum absolute atomic E-state index is 13.8. The number of aromatic amines is 1. The number of halogens is 1. The van der Waals surface area contributed by atoms with Gasteiger partial charge in [-0.1, -0.05) is 18.2 Å². The predicted octanol–water partition coefficient (Wildman–Crippen LogP) is 4.23. The first-order chi connectivity index (χ1) is 10.8. The number of benzene rings is 1. The Balaban J connectivity index is 1.53. The summed E-state index contributed by atoms with van der Waals surface area (Å²) >= 11 is 0. The number of piperidine rings is 1. The van der Waals surface area contributed by atoms with Gasteiger partial charge in [0.15, 0.2) is 0 Å². The average Bonchev–Trinajstić information content (AvgIpc) is 2.92. The molecule has 2 fully saturated rings. The van der Waals surface area contributed by atoms with Gasteiger partial charge in [0.2, 0.25) is 0 Å². The zero-order chi connectivity index (χ0) is 14.7. The lowest BCUT2D eigenvalue weighted by molar-refractivity contribution is 0.01000. The lowest BCUT2D eigenvalue weighted by Gasteiger charge is -2.48. The quantitative estimate of drug-likeness (QED) is 0.771. The van der Waals surface area contributed by atoms with Gasteiger partial charge in [-0.15, -0.1) is 0 Å². The van der Waals surface area contributed by atoms with E-state index in [0.29, 0.717) is 12.0 Å². The number of nitrogens with zero attached hydrogens (tertiary/aromatic N) is 1. The highest BCUT2D eigenvalue weighted by Gasteiger charge is 2.42. The van der Waals surface area contributed by atoms with E-state index in [0.717, 1.165) is 38.0 Å². The molecule has 2 aliphatic heterocycles. The van der Waals surface area contributed by atoms with Gasteiger partial charge in [0.25, 0.3) is 0 Å². The molecule has 2 aromatic rings. The van der Waals surface area contributed by atoms with Gasteiger partial charge in [0.1, 0.15) is 6.17 Å². The summed E-state index contributed by atoms with van der Waals surface area (Å²) < 4.78 is 13.8. The van der Waals surface area contributed by atoms with Gasteiger partial charge >= 0.3 is 0 Å². The molecule has 1 N–H and O–H groups in total. The highest BCUT2D eigenvalue weighted by Crippen LogP contribution is 2.47. The maximum Gasteiger partial charge on any atom is 0.100 e. The van der Waals surface area contributed by atoms with Crippen LogP contribution in [0, 0.1) is 11.8 Å². The second-order valence-corrected chi connectivity index (χ2v) is 7.49. The van der Waals surface area contributed by atoms with Crippen molar-refractivity contribution in [1.82, 2.24) is 9.88 Å². The predicted molar refractivity (Wildman–Crippen MR) is 86.7 cm³/mol. The van der Waals surface area contributed by atoms with E-state index < -0.39 is 6.17 Å². The average molecular weight is 298 g/mol. The van der Waals surface area contributed by atoms with Gasteiger partial charge in [-0.25, -0.2) is 4.39 Å². The molecule has 3 aliphatic rings. The lowest BCUT2D eigenvalue weighted by atomic mass is 9.71. The molecule has 116 valence electrons. The van der Waals surface area contributed by atoms with E-state index in [4.69, 9.17) is 0 Å². The Morgan fingerprint density at radius 2 is 2.00 bits per heavy atom. The van der Waals surface area contributed by atoms with Crippen molar-refractivity contribution >= 4 is 10.9 Å². The standard InChI is InChI=1S/C19H23FN2/c20-14-6-5-12-11-22-8-7-16-15-3-1-2-4-17(15)21-19(16)18(22)10-13(12)9-14/h1-4,12-14,18,21H,5-11H2/t12-,13-,14-,18-/m0/s1. The van der Waals surface area contributed by atoms with E-state index in [-0.39, 0.29) is 0 Å². The number of fused-ring (bicyclic) bond motifs is 6. The largest absolute Gasteiger partial charge is 0.357 e. The van der Waals surface area contributed by atoms with Crippen LogP contribution in [0.1, 0.15) is 43.0 Å². The summed E-state index contributed by atoms with van der Waals surface area (Å²) in [5.74, 6) is 1.32. The van der Waals surface area contributed by atoms with Crippen LogP contribution >= 0.6 is 0 Å². The van der Waals surface area contributed by atoms with Gasteiger partial charge in [-0.2, -0.15) is 0 Å². The van der Waals surface area contributed by atoms with Gasteiger partial charge in [-0.05, 0) is 55.6 Å². The second kappa shape index (κ2) is 4.82. The van der Waals surface area contributed by atoms with Crippen LogP contribution in [0.3, 0.4) is 0 Å². The minimum atomic E-state index is -0.557. The Hall–Kier alpha value is -1.35. The third kappa shape index (κ3) is 1.88. The van der Waals surface area contributed by atoms with Crippen LogP contribution in [0.2, 0.25) is 0 Å². The third-order valence-corrected chi connectivity index (χ3v) is 6.34. The van der Waals surface area contributed by atoms with Crippen LogP contribution < -0.4 is 0 Å². The fourth-order valence-corrected chi connectivity index (χ4v) is 5.24. The van der Waals surface area contributed by atoms with E-state index in [1.807, 2.05) is 0 Å². The molecule has 0 amide bonds. The fraction of sp³-hybridized carbons (Fsp3) is 0.579. The number of nitrogens with one attached hydrogen (secondary N) is 1. The minimum absolute atomic E-state index is 0.489. The molecule has 3 heteroatoms. The molecule has 22 heavy (non-hydrogen) atoms. The molecule has 1 aliphatic carbocycles. The second-order valence-electron chi connectivity index (χ2n) is 7.49. The molecule has 1 aromatic carbocycles. The van der Waals surface area contributed by atoms with Crippen molar-refractivity contribution in [3.8, 4) is 0 Å². The zero-order valence-electron chi connectivity index (χ0n) is 12.9. The summed E-state index contributed by atoms with van der Waals surface area (Å²) in [5.41, 5.74) is 4.21. The first-order valence-electron chi connectivity index (χ1n) is 8.77. The zero-order valence-corrected chi connectivity index (χ0v) is 12.9. The van der Waals surface area contributed by atoms with E-state index in [1.165, 1.54) is 35.2 Å². The Bertz CT molecular complexity index is 707. The smallest absolute Gasteiger partial charge is 0.100 e. The summed E-state index contributed by atoms with van der Waals surface area (Å²) in [6.07, 6.45) is 4.42. The van der Waals surface area contributed by atoms with Crippen molar-refractivity contribution in [1.29, 1.82) is 0 Å². The molecule has 1 aromatic heterocycles. The SMILES string of the molecule is F[C@H]1CC[C@H]2CN3CCc4c([nH]c5ccccc45)[C@@H]3C[C@@H]2C1. The van der Waals surface area contributed by atoms with Crippen LogP contribution in [0.5, 0.6) is 0 Å². The van der Waals surface area contributed by atoms with Crippen LogP contribution in [0.15, 0.2) is 24.3 Å². The molecule has 4 atom stereocenters. The maximum atomic E-state index is 13.8. The summed E-state index contributed by atoms with van der Waals surface area (Å²) in [7, 11) is 0. The molecule has 0 spiro atoms. The van der Waals surface area contributed by atoms with E-state index in [2.05, 4.69) is 34.1 Å². The number of aromatic nitrogens is 1. The van der Waals surface area contributed by atoms with E-state index in [1.54, 1.807) is 0 Å². The highest BCUT2D eigenvalue weighted by molar-refractivity contribution is 5.85. The summed E-state index contributed by atoms with van der Waals surface area (Å²) in [6.45, 7) is 2.35. The Morgan fingerprint density at radius 3 is 2.95 bits per heavy atom. The van der Waals surface area contributed by atoms with Crippen molar-refractivity contribution in [2.45, 2.75) is 44.3 Å². The first kappa shape index (κ1) is 13.1. The molecule has 1 saturated carbocycles. The molecular weight excluding hydrogens is 275 g/mol. The summed E-state index contributed by atoms with van der Waals surface area (Å²) in [5, 5.41) is 1.39. The molecule has 1 saturated heterocycles. The topological polar surface area (TPSA) is 19.0 Å². The molecular formula is C19H23FN2. The number of rotatable bonds is 0. The van der Waals surface area contributed by atoms with Crippen molar-refractivity contribution in [3.63, 3.8) is 0 Å². The lowest BCUT2D eigenvalue weighted by Crippen LogP contribution is -2.47. The molecule has 0 unspecified atom stereocenters. The van der Waals surface area contributed by atoms with E-state index >= 15 is 0 Å². The normalized spacial score (nSPS) is 35.0. The van der Waals surface area contributed by atoms with Crippen LogP contribution in [-0.2, 0) is 6.42 Å². The van der Waals surface area contributed by atoms with Crippen molar-refractivity contribution < 1.29 is 4.39 Å². The van der Waals surface area contributed by atoms with Crippen LogP contribution in [0.4, 0.5) is 4.39 Å². The summed E-state index contributed by atoms with van der Waals surface area (Å²) in [4.78, 5) is 6.35. The van der Waals surface area contributed by atoms with Crippen molar-refractivity contribution in [2.75, 3.05) is 13.1 Å². The first-order valence-corrected chi connectivity index (χ1v) is 8.77. The van der Waals surface area contributed by atoms with Gasteiger partial charge in [0, 0.05) is 29.7 Å². The number of H-pyrrole nitrogens is 1. The molecule has 0 radical (unpaired) electrons. The van der Waals surface area contributed by atoms with Crippen molar-refractivity contribution in [2.24, 2.45) is 11.8 Å². The summed E-state index contributed by atoms with van der Waals surface area (Å²) in [6, 6.07) is 9.15. The van der Waals surface area contributed by atoms with E-state index in [9.17, 15) is 4.39 Å². The monoisotopic (exact) mass is 298 g/mol. The van der Waals surface area contributed by atoms with Gasteiger partial charge in [0.05, 0.1) is 6.04 Å². The number of hydrogen-bond donors (Lipinski definition) is 1. The van der Waals surface area contributed by atoms with Crippen LogP contribution in [-0.4, -0.2) is 29.1 Å². The van der Waals surface area contributed by atoms with Gasteiger partial charge < -0.3 is 4.98 Å². The Labute approximate surface area is 130 Å². The number of para-hydroxylation sites is 1. The highest BCUT2D eigenvalue weighted by atomic mass is 19.1. The number of alkyl halides is 1.